The van der Waals surface area contributed by atoms with E-state index >= 15 is 0 Å². The van der Waals surface area contributed by atoms with Gasteiger partial charge < -0.3 is 19.9 Å². The number of rotatable bonds is 9. The lowest BCUT2D eigenvalue weighted by Gasteiger charge is -2.14. The molecule has 29 heavy (non-hydrogen) atoms. The van der Waals surface area contributed by atoms with Crippen LogP contribution in [0.25, 0.3) is 0 Å². The summed E-state index contributed by atoms with van der Waals surface area (Å²) in [6, 6.07) is 5.13. The third-order valence-corrected chi connectivity index (χ3v) is 3.80. The molecule has 0 bridgehead atoms. The molecule has 0 aliphatic rings. The molecule has 0 unspecified atom stereocenters. The number of benzene rings is 1. The van der Waals surface area contributed by atoms with Gasteiger partial charge in [-0.3, -0.25) is 0 Å². The first-order valence-corrected chi connectivity index (χ1v) is 9.37. The number of ether oxygens (including phenoxy) is 1. The van der Waals surface area contributed by atoms with Gasteiger partial charge in [0.05, 0.1) is 6.54 Å². The molecule has 10 heteroatoms. The van der Waals surface area contributed by atoms with Crippen molar-refractivity contribution >= 4 is 5.96 Å². The SMILES string of the molecule is CCNC(=NCc1ccc(C)cc1OCC(F)(F)F)NCCCc1nc(C)no1. The molecule has 2 aromatic rings. The van der Waals surface area contributed by atoms with Crippen molar-refractivity contribution in [2.75, 3.05) is 19.7 Å². The summed E-state index contributed by atoms with van der Waals surface area (Å²) < 4.78 is 47.5. The third-order valence-electron chi connectivity index (χ3n) is 3.80. The quantitative estimate of drug-likeness (QED) is 0.373. The molecule has 1 aromatic heterocycles. The van der Waals surface area contributed by atoms with Crippen LogP contribution in [-0.4, -0.2) is 42.0 Å². The van der Waals surface area contributed by atoms with Crippen LogP contribution in [0.3, 0.4) is 0 Å². The van der Waals surface area contributed by atoms with E-state index in [1.54, 1.807) is 26.0 Å². The van der Waals surface area contributed by atoms with Gasteiger partial charge in [0.15, 0.2) is 18.4 Å². The van der Waals surface area contributed by atoms with Crippen molar-refractivity contribution in [2.24, 2.45) is 4.99 Å². The topological polar surface area (TPSA) is 84.6 Å². The van der Waals surface area contributed by atoms with Gasteiger partial charge in [0.25, 0.3) is 0 Å². The highest BCUT2D eigenvalue weighted by Gasteiger charge is 2.28. The standard InChI is InChI=1S/C19H26F3N5O2/c1-4-23-18(24-9-5-6-17-26-14(3)27-29-17)25-11-15-8-7-13(2)10-16(15)28-12-19(20,21)22/h7-8,10H,4-6,9,11-12H2,1-3H3,(H2,23,24,25). The van der Waals surface area contributed by atoms with Gasteiger partial charge in [-0.15, -0.1) is 0 Å². The molecular weight excluding hydrogens is 387 g/mol. The van der Waals surface area contributed by atoms with Gasteiger partial charge in [0, 0.05) is 25.1 Å². The number of hydrogen-bond donors (Lipinski definition) is 2. The number of guanidine groups is 1. The maximum atomic E-state index is 12.5. The fourth-order valence-corrected chi connectivity index (χ4v) is 2.48. The Balaban J connectivity index is 1.94. The Morgan fingerprint density at radius 1 is 1.24 bits per heavy atom. The van der Waals surface area contributed by atoms with Gasteiger partial charge in [-0.25, -0.2) is 4.99 Å². The van der Waals surface area contributed by atoms with Crippen molar-refractivity contribution in [1.29, 1.82) is 0 Å². The number of alkyl halides is 3. The van der Waals surface area contributed by atoms with E-state index in [0.717, 1.165) is 12.0 Å². The fourth-order valence-electron chi connectivity index (χ4n) is 2.48. The predicted octanol–water partition coefficient (Wildman–Crippen LogP) is 3.32. The van der Waals surface area contributed by atoms with E-state index in [9.17, 15) is 13.2 Å². The molecule has 0 amide bonds. The molecule has 7 nitrogen and oxygen atoms in total. The zero-order valence-corrected chi connectivity index (χ0v) is 16.8. The highest BCUT2D eigenvalue weighted by atomic mass is 19.4. The Morgan fingerprint density at radius 3 is 2.69 bits per heavy atom. The molecule has 0 saturated heterocycles. The number of halogens is 3. The van der Waals surface area contributed by atoms with Gasteiger partial charge in [0.1, 0.15) is 5.75 Å². The zero-order chi connectivity index (χ0) is 21.3. The average molecular weight is 413 g/mol. The monoisotopic (exact) mass is 413 g/mol. The van der Waals surface area contributed by atoms with Crippen LogP contribution in [0, 0.1) is 13.8 Å². The van der Waals surface area contributed by atoms with E-state index in [1.807, 2.05) is 13.0 Å². The summed E-state index contributed by atoms with van der Waals surface area (Å²) in [5.74, 6) is 1.94. The van der Waals surface area contributed by atoms with Crippen molar-refractivity contribution in [2.45, 2.75) is 46.3 Å². The number of aromatic nitrogens is 2. The Labute approximate surface area is 167 Å². The Bertz CT molecular complexity index is 805. The summed E-state index contributed by atoms with van der Waals surface area (Å²) in [4.78, 5) is 8.59. The molecule has 2 rings (SSSR count). The fraction of sp³-hybridized carbons (Fsp3) is 0.526. The largest absolute Gasteiger partial charge is 0.484 e. The number of hydrogen-bond acceptors (Lipinski definition) is 5. The first kappa shape index (κ1) is 22.5. The van der Waals surface area contributed by atoms with Crippen LogP contribution in [0.5, 0.6) is 5.75 Å². The normalized spacial score (nSPS) is 12.1. The average Bonchev–Trinajstić information content (AvgIpc) is 3.07. The lowest BCUT2D eigenvalue weighted by atomic mass is 10.1. The maximum absolute atomic E-state index is 12.5. The van der Waals surface area contributed by atoms with Crippen molar-refractivity contribution < 1.29 is 22.4 Å². The van der Waals surface area contributed by atoms with Crippen LogP contribution < -0.4 is 15.4 Å². The second kappa shape index (κ2) is 10.7. The zero-order valence-electron chi connectivity index (χ0n) is 16.8. The molecule has 0 spiro atoms. The minimum Gasteiger partial charge on any atom is -0.484 e. The van der Waals surface area contributed by atoms with Gasteiger partial charge in [0.2, 0.25) is 5.89 Å². The summed E-state index contributed by atoms with van der Waals surface area (Å²) in [7, 11) is 0. The highest BCUT2D eigenvalue weighted by molar-refractivity contribution is 5.79. The van der Waals surface area contributed by atoms with E-state index in [-0.39, 0.29) is 12.3 Å². The molecule has 0 fully saturated rings. The Morgan fingerprint density at radius 2 is 2.03 bits per heavy atom. The Hall–Kier alpha value is -2.78. The Kier molecular flexibility index (Phi) is 8.29. The van der Waals surface area contributed by atoms with Crippen LogP contribution in [0.15, 0.2) is 27.7 Å². The molecular formula is C19H26F3N5O2. The number of aliphatic imine (C=N–C) groups is 1. The smallest absolute Gasteiger partial charge is 0.422 e. The second-order valence-corrected chi connectivity index (χ2v) is 6.48. The van der Waals surface area contributed by atoms with E-state index in [2.05, 4.69) is 25.8 Å². The van der Waals surface area contributed by atoms with Gasteiger partial charge in [-0.05, 0) is 38.8 Å². The van der Waals surface area contributed by atoms with Crippen molar-refractivity contribution in [3.63, 3.8) is 0 Å². The van der Waals surface area contributed by atoms with Crippen LogP contribution in [0.4, 0.5) is 13.2 Å². The molecule has 2 N–H and O–H groups in total. The predicted molar refractivity (Wildman–Crippen MR) is 103 cm³/mol. The minimum absolute atomic E-state index is 0.186. The summed E-state index contributed by atoms with van der Waals surface area (Å²) in [6.45, 7) is 5.62. The summed E-state index contributed by atoms with van der Waals surface area (Å²) >= 11 is 0. The van der Waals surface area contributed by atoms with Gasteiger partial charge in [-0.1, -0.05) is 17.3 Å². The first-order chi connectivity index (χ1) is 13.8. The minimum atomic E-state index is -4.39. The van der Waals surface area contributed by atoms with E-state index in [4.69, 9.17) is 9.26 Å². The van der Waals surface area contributed by atoms with Crippen LogP contribution in [0.2, 0.25) is 0 Å². The molecule has 1 heterocycles. The number of aryl methyl sites for hydroxylation is 3. The molecule has 0 aliphatic carbocycles. The summed E-state index contributed by atoms with van der Waals surface area (Å²) in [5.41, 5.74) is 1.40. The van der Waals surface area contributed by atoms with Gasteiger partial charge >= 0.3 is 6.18 Å². The molecule has 1 aromatic carbocycles. The number of nitrogens with one attached hydrogen (secondary N) is 2. The maximum Gasteiger partial charge on any atom is 0.422 e. The third kappa shape index (κ3) is 8.41. The van der Waals surface area contributed by atoms with Gasteiger partial charge in [-0.2, -0.15) is 18.2 Å². The van der Waals surface area contributed by atoms with Crippen molar-refractivity contribution in [3.05, 3.63) is 41.0 Å². The molecule has 0 aliphatic heterocycles. The molecule has 0 atom stereocenters. The molecule has 0 radical (unpaired) electrons. The highest BCUT2D eigenvalue weighted by Crippen LogP contribution is 2.24. The molecule has 0 saturated carbocycles. The van der Waals surface area contributed by atoms with E-state index in [1.165, 1.54) is 0 Å². The lowest BCUT2D eigenvalue weighted by Crippen LogP contribution is -2.37. The van der Waals surface area contributed by atoms with E-state index in [0.29, 0.717) is 42.7 Å². The molecule has 160 valence electrons. The van der Waals surface area contributed by atoms with Crippen molar-refractivity contribution in [1.82, 2.24) is 20.8 Å². The van der Waals surface area contributed by atoms with Crippen LogP contribution in [-0.2, 0) is 13.0 Å². The van der Waals surface area contributed by atoms with Crippen LogP contribution >= 0.6 is 0 Å². The van der Waals surface area contributed by atoms with E-state index < -0.39 is 12.8 Å². The van der Waals surface area contributed by atoms with Crippen molar-refractivity contribution in [3.8, 4) is 5.75 Å². The second-order valence-electron chi connectivity index (χ2n) is 6.48. The number of nitrogens with zero attached hydrogens (tertiary/aromatic N) is 3. The van der Waals surface area contributed by atoms with Crippen LogP contribution in [0.1, 0.15) is 36.2 Å². The summed E-state index contributed by atoms with van der Waals surface area (Å²) in [5, 5.41) is 10.0. The first-order valence-electron chi connectivity index (χ1n) is 9.37. The summed E-state index contributed by atoms with van der Waals surface area (Å²) in [6.07, 6.45) is -2.99. The lowest BCUT2D eigenvalue weighted by molar-refractivity contribution is -0.153.